The van der Waals surface area contributed by atoms with Crippen LogP contribution in [0.2, 0.25) is 0 Å². The monoisotopic (exact) mass is 241 g/mol. The zero-order valence-corrected chi connectivity index (χ0v) is 11.0. The van der Waals surface area contributed by atoms with Crippen LogP contribution in [-0.2, 0) is 9.59 Å². The topological polar surface area (TPSA) is 60.2 Å². The van der Waals surface area contributed by atoms with E-state index in [1.165, 1.54) is 44.9 Å². The van der Waals surface area contributed by atoms with Crippen molar-refractivity contribution in [2.24, 2.45) is 5.73 Å². The molecular weight excluding hydrogens is 214 g/mol. The lowest BCUT2D eigenvalue weighted by molar-refractivity contribution is -0.118. The van der Waals surface area contributed by atoms with Gasteiger partial charge in [-0.25, -0.2) is 0 Å². The highest BCUT2D eigenvalue weighted by atomic mass is 16.1. The number of unbranched alkanes of at least 4 members (excludes halogenated alkanes) is 10. The summed E-state index contributed by atoms with van der Waals surface area (Å²) in [5, 5.41) is 0. The van der Waals surface area contributed by atoms with Crippen LogP contribution in [-0.4, -0.2) is 12.2 Å². The van der Waals surface area contributed by atoms with Crippen LogP contribution < -0.4 is 5.73 Å². The minimum Gasteiger partial charge on any atom is -0.370 e. The van der Waals surface area contributed by atoms with E-state index in [1.807, 2.05) is 0 Å². The first-order chi connectivity index (χ1) is 8.27. The first kappa shape index (κ1) is 16.1. The first-order valence-electron chi connectivity index (χ1n) is 6.99. The molecule has 0 aromatic carbocycles. The second-order valence-corrected chi connectivity index (χ2v) is 4.71. The van der Waals surface area contributed by atoms with E-state index in [-0.39, 0.29) is 5.91 Å². The molecule has 0 saturated carbocycles. The number of hydrogen-bond acceptors (Lipinski definition) is 2. The smallest absolute Gasteiger partial charge is 0.217 e. The van der Waals surface area contributed by atoms with Crippen molar-refractivity contribution in [3.8, 4) is 0 Å². The summed E-state index contributed by atoms with van der Waals surface area (Å²) in [5.74, 6) is -0.180. The van der Waals surface area contributed by atoms with E-state index < -0.39 is 0 Å². The minimum atomic E-state index is -0.180. The van der Waals surface area contributed by atoms with Crippen LogP contribution in [0.4, 0.5) is 0 Å². The third kappa shape index (κ3) is 15.1. The van der Waals surface area contributed by atoms with Crippen molar-refractivity contribution in [3.05, 3.63) is 0 Å². The van der Waals surface area contributed by atoms with Gasteiger partial charge in [-0.3, -0.25) is 4.79 Å². The Hall–Kier alpha value is -0.860. The number of primary amides is 1. The van der Waals surface area contributed by atoms with E-state index in [9.17, 15) is 9.59 Å². The molecule has 0 unspecified atom stereocenters. The van der Waals surface area contributed by atoms with Crippen LogP contribution >= 0.6 is 0 Å². The molecule has 0 spiro atoms. The fourth-order valence-corrected chi connectivity index (χ4v) is 1.94. The molecule has 0 aliphatic heterocycles. The van der Waals surface area contributed by atoms with Gasteiger partial charge in [0.1, 0.15) is 6.29 Å². The highest BCUT2D eigenvalue weighted by Gasteiger charge is 1.95. The summed E-state index contributed by atoms with van der Waals surface area (Å²) < 4.78 is 0. The van der Waals surface area contributed by atoms with E-state index >= 15 is 0 Å². The summed E-state index contributed by atoms with van der Waals surface area (Å²) in [6, 6.07) is 0. The molecule has 2 N–H and O–H groups in total. The van der Waals surface area contributed by atoms with Crippen LogP contribution in [0, 0.1) is 0 Å². The Labute approximate surface area is 105 Å². The largest absolute Gasteiger partial charge is 0.370 e. The Bertz CT molecular complexity index is 193. The molecule has 0 aliphatic rings. The molecule has 0 radical (unpaired) electrons. The maximum absolute atomic E-state index is 10.5. The van der Waals surface area contributed by atoms with Crippen molar-refractivity contribution in [2.45, 2.75) is 77.0 Å². The average Bonchev–Trinajstić information content (AvgIpc) is 2.30. The molecular formula is C14H27NO2. The Morgan fingerprint density at radius 3 is 1.59 bits per heavy atom. The van der Waals surface area contributed by atoms with Crippen molar-refractivity contribution in [2.75, 3.05) is 0 Å². The predicted molar refractivity (Wildman–Crippen MR) is 70.7 cm³/mol. The molecule has 0 aromatic heterocycles. The Morgan fingerprint density at radius 1 is 0.765 bits per heavy atom. The summed E-state index contributed by atoms with van der Waals surface area (Å²) >= 11 is 0. The maximum atomic E-state index is 10.5. The number of nitrogens with two attached hydrogens (primary N) is 1. The van der Waals surface area contributed by atoms with Gasteiger partial charge in [-0.2, -0.15) is 0 Å². The standard InChI is InChI=1S/C14H27NO2/c15-14(17)12-10-8-6-4-2-1-3-5-7-9-11-13-16/h13H,1-12H2,(H2,15,17). The minimum absolute atomic E-state index is 0.180. The number of aldehydes is 1. The molecule has 3 nitrogen and oxygen atoms in total. The van der Waals surface area contributed by atoms with Crippen molar-refractivity contribution >= 4 is 12.2 Å². The predicted octanol–water partition coefficient (Wildman–Crippen LogP) is 3.35. The lowest BCUT2D eigenvalue weighted by Crippen LogP contribution is -2.09. The van der Waals surface area contributed by atoms with Crippen LogP contribution in [0.25, 0.3) is 0 Å². The maximum Gasteiger partial charge on any atom is 0.217 e. The highest BCUT2D eigenvalue weighted by molar-refractivity contribution is 5.73. The Kier molecular flexibility index (Phi) is 12.5. The van der Waals surface area contributed by atoms with Gasteiger partial charge >= 0.3 is 0 Å². The molecule has 0 aromatic rings. The van der Waals surface area contributed by atoms with Gasteiger partial charge in [0, 0.05) is 12.8 Å². The molecule has 0 rings (SSSR count). The summed E-state index contributed by atoms with van der Waals surface area (Å²) in [6.45, 7) is 0. The van der Waals surface area contributed by atoms with E-state index in [2.05, 4.69) is 0 Å². The SMILES string of the molecule is NC(=O)CCCCCCCCCCCCC=O. The third-order valence-corrected chi connectivity index (χ3v) is 3.00. The molecule has 0 saturated heterocycles. The van der Waals surface area contributed by atoms with Crippen molar-refractivity contribution in [3.63, 3.8) is 0 Å². The van der Waals surface area contributed by atoms with Gasteiger partial charge in [-0.1, -0.05) is 51.4 Å². The van der Waals surface area contributed by atoms with E-state index in [4.69, 9.17) is 5.73 Å². The number of rotatable bonds is 13. The molecule has 100 valence electrons. The molecule has 0 fully saturated rings. The zero-order chi connectivity index (χ0) is 12.8. The second-order valence-electron chi connectivity index (χ2n) is 4.71. The van der Waals surface area contributed by atoms with Gasteiger partial charge in [0.15, 0.2) is 0 Å². The molecule has 1 amide bonds. The molecule has 0 bridgehead atoms. The van der Waals surface area contributed by atoms with Gasteiger partial charge in [-0.05, 0) is 12.8 Å². The number of carbonyl (C=O) groups is 2. The normalized spacial score (nSPS) is 10.4. The first-order valence-corrected chi connectivity index (χ1v) is 6.99. The quantitative estimate of drug-likeness (QED) is 0.397. The number of amides is 1. The van der Waals surface area contributed by atoms with Crippen molar-refractivity contribution in [1.82, 2.24) is 0 Å². The second kappa shape index (κ2) is 13.2. The molecule has 3 heteroatoms. The van der Waals surface area contributed by atoms with Gasteiger partial charge in [-0.15, -0.1) is 0 Å². The summed E-state index contributed by atoms with van der Waals surface area (Å²) in [7, 11) is 0. The lowest BCUT2D eigenvalue weighted by atomic mass is 10.1. The molecule has 0 aliphatic carbocycles. The van der Waals surface area contributed by atoms with E-state index in [0.717, 1.165) is 32.0 Å². The number of hydrogen-bond donors (Lipinski definition) is 1. The van der Waals surface area contributed by atoms with E-state index in [1.54, 1.807) is 0 Å². The molecule has 17 heavy (non-hydrogen) atoms. The third-order valence-electron chi connectivity index (χ3n) is 3.00. The molecule has 0 heterocycles. The van der Waals surface area contributed by atoms with Gasteiger partial charge in [0.05, 0.1) is 0 Å². The highest BCUT2D eigenvalue weighted by Crippen LogP contribution is 2.11. The zero-order valence-electron chi connectivity index (χ0n) is 11.0. The fourth-order valence-electron chi connectivity index (χ4n) is 1.94. The van der Waals surface area contributed by atoms with Gasteiger partial charge < -0.3 is 10.5 Å². The van der Waals surface area contributed by atoms with Gasteiger partial charge in [0.2, 0.25) is 5.91 Å². The van der Waals surface area contributed by atoms with Crippen LogP contribution in [0.15, 0.2) is 0 Å². The van der Waals surface area contributed by atoms with Crippen LogP contribution in [0.3, 0.4) is 0 Å². The average molecular weight is 241 g/mol. The number of carbonyl (C=O) groups excluding carboxylic acids is 2. The fraction of sp³-hybridized carbons (Fsp3) is 0.857. The van der Waals surface area contributed by atoms with E-state index in [0.29, 0.717) is 6.42 Å². The Balaban J connectivity index is 2.94. The Morgan fingerprint density at radius 2 is 1.18 bits per heavy atom. The summed E-state index contributed by atoms with van der Waals surface area (Å²) in [5.41, 5.74) is 5.06. The van der Waals surface area contributed by atoms with Crippen molar-refractivity contribution in [1.29, 1.82) is 0 Å². The lowest BCUT2D eigenvalue weighted by Gasteiger charge is -2.01. The van der Waals surface area contributed by atoms with Crippen LogP contribution in [0.5, 0.6) is 0 Å². The summed E-state index contributed by atoms with van der Waals surface area (Å²) in [6.07, 6.45) is 14.2. The van der Waals surface area contributed by atoms with Crippen LogP contribution in [0.1, 0.15) is 77.0 Å². The van der Waals surface area contributed by atoms with Gasteiger partial charge in [0.25, 0.3) is 0 Å². The van der Waals surface area contributed by atoms with Crippen molar-refractivity contribution < 1.29 is 9.59 Å². The summed E-state index contributed by atoms with van der Waals surface area (Å²) in [4.78, 5) is 20.6. The molecule has 0 atom stereocenters.